The zero-order valence-electron chi connectivity index (χ0n) is 11.2. The molecule has 0 radical (unpaired) electrons. The zero-order valence-corrected chi connectivity index (χ0v) is 12.8. The SMILES string of the molecule is CCS(=O)(=O)c1cccnc1-c1ncc(SC(F)(F)F)cn1. The van der Waals surface area contributed by atoms with Gasteiger partial charge in [-0.1, -0.05) is 6.92 Å². The molecule has 2 aromatic heterocycles. The van der Waals surface area contributed by atoms with Gasteiger partial charge in [-0.05, 0) is 23.9 Å². The Morgan fingerprint density at radius 3 is 2.36 bits per heavy atom. The Morgan fingerprint density at radius 2 is 1.82 bits per heavy atom. The second-order valence-electron chi connectivity index (χ2n) is 4.04. The highest BCUT2D eigenvalue weighted by atomic mass is 32.2. The van der Waals surface area contributed by atoms with E-state index in [-0.39, 0.29) is 38.8 Å². The standard InChI is InChI=1S/C12H10F3N3O2S2/c1-2-22(19,20)9-4-3-5-16-10(9)11-17-6-8(7-18-11)21-12(13,14)15/h3-7H,2H2,1H3. The van der Waals surface area contributed by atoms with Crippen LogP contribution < -0.4 is 0 Å². The van der Waals surface area contributed by atoms with Crippen LogP contribution in [0.25, 0.3) is 11.5 Å². The van der Waals surface area contributed by atoms with Crippen LogP contribution in [0, 0.1) is 0 Å². The highest BCUT2D eigenvalue weighted by molar-refractivity contribution is 8.00. The van der Waals surface area contributed by atoms with E-state index in [2.05, 4.69) is 15.0 Å². The minimum absolute atomic E-state index is 0.0212. The molecular formula is C12H10F3N3O2S2. The molecule has 22 heavy (non-hydrogen) atoms. The third kappa shape index (κ3) is 3.95. The molecule has 0 spiro atoms. The van der Waals surface area contributed by atoms with Gasteiger partial charge in [0, 0.05) is 18.6 Å². The Bertz CT molecular complexity index is 762. The van der Waals surface area contributed by atoms with Crippen molar-refractivity contribution in [3.05, 3.63) is 30.7 Å². The van der Waals surface area contributed by atoms with Crippen molar-refractivity contribution in [2.24, 2.45) is 0 Å². The largest absolute Gasteiger partial charge is 0.446 e. The van der Waals surface area contributed by atoms with Crippen molar-refractivity contribution >= 4 is 21.6 Å². The predicted octanol–water partition coefficient (Wildman–Crippen LogP) is 2.94. The molecule has 0 aromatic carbocycles. The summed E-state index contributed by atoms with van der Waals surface area (Å²) in [6.45, 7) is 1.48. The summed E-state index contributed by atoms with van der Waals surface area (Å²) < 4.78 is 60.7. The number of pyridine rings is 1. The number of nitrogens with zero attached hydrogens (tertiary/aromatic N) is 3. The van der Waals surface area contributed by atoms with Crippen molar-refractivity contribution in [1.29, 1.82) is 0 Å². The summed E-state index contributed by atoms with van der Waals surface area (Å²) in [6.07, 6.45) is 3.33. The van der Waals surface area contributed by atoms with Crippen LogP contribution in [0.1, 0.15) is 6.92 Å². The molecule has 0 amide bonds. The molecule has 0 saturated heterocycles. The van der Waals surface area contributed by atoms with Gasteiger partial charge in [0.25, 0.3) is 0 Å². The molecule has 0 saturated carbocycles. The average molecular weight is 349 g/mol. The van der Waals surface area contributed by atoms with Crippen LogP contribution in [0.4, 0.5) is 13.2 Å². The third-order valence-electron chi connectivity index (χ3n) is 2.56. The Labute approximate surface area is 128 Å². The summed E-state index contributed by atoms with van der Waals surface area (Å²) in [7, 11) is -3.54. The maximum Gasteiger partial charge on any atom is 0.446 e. The molecule has 0 aliphatic carbocycles. The minimum atomic E-state index is -4.44. The summed E-state index contributed by atoms with van der Waals surface area (Å²) in [5.74, 6) is -0.174. The van der Waals surface area contributed by atoms with E-state index >= 15 is 0 Å². The second kappa shape index (κ2) is 6.21. The Kier molecular flexibility index (Phi) is 4.71. The van der Waals surface area contributed by atoms with Crippen LogP contribution in [0.5, 0.6) is 0 Å². The van der Waals surface area contributed by atoms with Gasteiger partial charge in [0.1, 0.15) is 5.69 Å². The third-order valence-corrected chi connectivity index (χ3v) is 5.00. The molecule has 0 bridgehead atoms. The van der Waals surface area contributed by atoms with E-state index in [1.807, 2.05) is 0 Å². The molecule has 0 aliphatic heterocycles. The van der Waals surface area contributed by atoms with Gasteiger partial charge in [0.15, 0.2) is 15.7 Å². The summed E-state index contributed by atoms with van der Waals surface area (Å²) in [6, 6.07) is 2.82. The van der Waals surface area contributed by atoms with Gasteiger partial charge in [0.2, 0.25) is 0 Å². The van der Waals surface area contributed by atoms with Gasteiger partial charge in [-0.3, -0.25) is 4.98 Å². The van der Waals surface area contributed by atoms with Crippen molar-refractivity contribution in [3.8, 4) is 11.5 Å². The Hall–Kier alpha value is -1.68. The summed E-state index contributed by atoms with van der Waals surface area (Å²) in [5, 5.41) is 0. The van der Waals surface area contributed by atoms with Crippen LogP contribution in [-0.2, 0) is 9.84 Å². The van der Waals surface area contributed by atoms with Gasteiger partial charge < -0.3 is 0 Å². The fourth-order valence-electron chi connectivity index (χ4n) is 1.59. The first kappa shape index (κ1) is 16.7. The van der Waals surface area contributed by atoms with Gasteiger partial charge >= 0.3 is 5.51 Å². The molecule has 2 aromatic rings. The first-order chi connectivity index (χ1) is 10.2. The first-order valence-electron chi connectivity index (χ1n) is 5.99. The first-order valence-corrected chi connectivity index (χ1v) is 8.46. The molecule has 0 fully saturated rings. The molecule has 5 nitrogen and oxygen atoms in total. The number of rotatable bonds is 4. The van der Waals surface area contributed by atoms with Crippen molar-refractivity contribution in [2.75, 3.05) is 5.75 Å². The quantitative estimate of drug-likeness (QED) is 0.790. The number of halogens is 3. The molecule has 2 rings (SSSR count). The Morgan fingerprint density at radius 1 is 1.18 bits per heavy atom. The molecular weight excluding hydrogens is 339 g/mol. The van der Waals surface area contributed by atoms with Crippen molar-refractivity contribution in [1.82, 2.24) is 15.0 Å². The van der Waals surface area contributed by atoms with Crippen LogP contribution in [-0.4, -0.2) is 34.6 Å². The van der Waals surface area contributed by atoms with E-state index in [0.717, 1.165) is 12.4 Å². The van der Waals surface area contributed by atoms with Gasteiger partial charge in [-0.15, -0.1) is 0 Å². The van der Waals surface area contributed by atoms with E-state index < -0.39 is 15.3 Å². The maximum atomic E-state index is 12.2. The molecule has 0 N–H and O–H groups in total. The van der Waals surface area contributed by atoms with E-state index in [0.29, 0.717) is 0 Å². The Balaban J connectivity index is 2.42. The highest BCUT2D eigenvalue weighted by Crippen LogP contribution is 2.36. The summed E-state index contributed by atoms with van der Waals surface area (Å²) in [4.78, 5) is 11.3. The zero-order chi connectivity index (χ0) is 16.4. The van der Waals surface area contributed by atoms with E-state index in [1.165, 1.54) is 25.3 Å². The lowest BCUT2D eigenvalue weighted by Crippen LogP contribution is -2.08. The van der Waals surface area contributed by atoms with Crippen molar-refractivity contribution < 1.29 is 21.6 Å². The molecule has 10 heteroatoms. The second-order valence-corrected chi connectivity index (χ2v) is 7.43. The summed E-state index contributed by atoms with van der Waals surface area (Å²) >= 11 is -0.345. The van der Waals surface area contributed by atoms with Crippen molar-refractivity contribution in [2.45, 2.75) is 22.2 Å². The number of thioether (sulfide) groups is 1. The van der Waals surface area contributed by atoms with Crippen LogP contribution in [0.3, 0.4) is 0 Å². The molecule has 118 valence electrons. The van der Waals surface area contributed by atoms with Gasteiger partial charge in [0.05, 0.1) is 15.5 Å². The monoisotopic (exact) mass is 349 g/mol. The lowest BCUT2D eigenvalue weighted by atomic mass is 10.3. The maximum absolute atomic E-state index is 12.2. The number of aromatic nitrogens is 3. The number of hydrogen-bond donors (Lipinski definition) is 0. The summed E-state index contributed by atoms with van der Waals surface area (Å²) in [5.41, 5.74) is -4.42. The van der Waals surface area contributed by atoms with E-state index in [9.17, 15) is 21.6 Å². The normalized spacial score (nSPS) is 12.4. The molecule has 0 atom stereocenters. The lowest BCUT2D eigenvalue weighted by molar-refractivity contribution is -0.0328. The number of alkyl halides is 3. The predicted molar refractivity (Wildman–Crippen MR) is 74.9 cm³/mol. The van der Waals surface area contributed by atoms with Crippen molar-refractivity contribution in [3.63, 3.8) is 0 Å². The number of hydrogen-bond acceptors (Lipinski definition) is 6. The van der Waals surface area contributed by atoms with E-state index in [4.69, 9.17) is 0 Å². The minimum Gasteiger partial charge on any atom is -0.252 e. The van der Waals surface area contributed by atoms with Crippen LogP contribution in [0.15, 0.2) is 40.5 Å². The fraction of sp³-hybridized carbons (Fsp3) is 0.250. The highest BCUT2D eigenvalue weighted by Gasteiger charge is 2.29. The molecule has 0 aliphatic rings. The fourth-order valence-corrected chi connectivity index (χ4v) is 3.10. The average Bonchev–Trinajstić information content (AvgIpc) is 2.46. The molecule has 2 heterocycles. The molecule has 0 unspecified atom stereocenters. The van der Waals surface area contributed by atoms with Gasteiger partial charge in [-0.25, -0.2) is 18.4 Å². The van der Waals surface area contributed by atoms with Crippen LogP contribution >= 0.6 is 11.8 Å². The van der Waals surface area contributed by atoms with Crippen LogP contribution in [0.2, 0.25) is 0 Å². The lowest BCUT2D eigenvalue weighted by Gasteiger charge is -2.08. The number of sulfone groups is 1. The topological polar surface area (TPSA) is 72.8 Å². The van der Waals surface area contributed by atoms with Gasteiger partial charge in [-0.2, -0.15) is 13.2 Å². The smallest absolute Gasteiger partial charge is 0.252 e. The van der Waals surface area contributed by atoms with E-state index in [1.54, 1.807) is 0 Å².